The molecule has 0 radical (unpaired) electrons. The molecule has 4 nitrogen and oxygen atoms in total. The van der Waals surface area contributed by atoms with E-state index in [1.165, 1.54) is 11.3 Å². The van der Waals surface area contributed by atoms with Crippen LogP contribution < -0.4 is 10.2 Å². The van der Waals surface area contributed by atoms with Gasteiger partial charge < -0.3 is 15.0 Å². The van der Waals surface area contributed by atoms with Crippen LogP contribution in [0.5, 0.6) is 0 Å². The number of amides is 1. The number of nitrogens with zero attached hydrogens (tertiary/aromatic N) is 1. The smallest absolute Gasteiger partial charge is 0.265 e. The Labute approximate surface area is 134 Å². The van der Waals surface area contributed by atoms with E-state index in [1.54, 1.807) is 0 Å². The lowest BCUT2D eigenvalue weighted by Crippen LogP contribution is -2.49. The van der Waals surface area contributed by atoms with E-state index >= 15 is 0 Å². The Bertz CT molecular complexity index is 615. The van der Waals surface area contributed by atoms with Crippen LogP contribution in [0.25, 0.3) is 0 Å². The number of benzene rings is 1. The van der Waals surface area contributed by atoms with Gasteiger partial charge in [-0.05, 0) is 49.6 Å². The Hall–Kier alpha value is -1.85. The molecule has 2 unspecified atom stereocenters. The Kier molecular flexibility index (Phi) is 4.45. The number of carbonyl (C=O) groups excluding carboxylic acids is 1. The molecule has 1 fully saturated rings. The van der Waals surface area contributed by atoms with Crippen molar-refractivity contribution in [2.24, 2.45) is 0 Å². The van der Waals surface area contributed by atoms with Crippen LogP contribution in [0, 0.1) is 0 Å². The highest BCUT2D eigenvalue weighted by atomic mass is 32.1. The van der Waals surface area contributed by atoms with Crippen molar-refractivity contribution in [2.45, 2.75) is 25.9 Å². The van der Waals surface area contributed by atoms with Crippen LogP contribution in [0.2, 0.25) is 0 Å². The standard InChI is InChI=1S/C17H20N2O2S/c1-12-10-21-11-13(2)19(12)15-7-5-14(6-8-15)18-17(20)16-4-3-9-22-16/h3-9,12-13H,10-11H2,1-2H3,(H,18,20). The number of rotatable bonds is 3. The van der Waals surface area contributed by atoms with Crippen molar-refractivity contribution < 1.29 is 9.53 Å². The SMILES string of the molecule is CC1COCC(C)N1c1ccc(NC(=O)c2cccs2)cc1. The van der Waals surface area contributed by atoms with E-state index < -0.39 is 0 Å². The highest BCUT2D eigenvalue weighted by molar-refractivity contribution is 7.12. The van der Waals surface area contributed by atoms with E-state index in [1.807, 2.05) is 29.6 Å². The summed E-state index contributed by atoms with van der Waals surface area (Å²) in [5, 5.41) is 4.83. The summed E-state index contributed by atoms with van der Waals surface area (Å²) in [6.45, 7) is 5.84. The maximum absolute atomic E-state index is 12.0. The van der Waals surface area contributed by atoms with Crippen molar-refractivity contribution in [2.75, 3.05) is 23.4 Å². The average molecular weight is 316 g/mol. The number of carbonyl (C=O) groups is 1. The summed E-state index contributed by atoms with van der Waals surface area (Å²) >= 11 is 1.44. The van der Waals surface area contributed by atoms with Crippen LogP contribution in [-0.4, -0.2) is 31.2 Å². The lowest BCUT2D eigenvalue weighted by Gasteiger charge is -2.40. The summed E-state index contributed by atoms with van der Waals surface area (Å²) in [5.41, 5.74) is 1.98. The summed E-state index contributed by atoms with van der Waals surface area (Å²) in [6, 6.07) is 12.4. The van der Waals surface area contributed by atoms with Crippen LogP contribution >= 0.6 is 11.3 Å². The van der Waals surface area contributed by atoms with Gasteiger partial charge in [0.2, 0.25) is 0 Å². The van der Waals surface area contributed by atoms with Crippen molar-refractivity contribution in [3.63, 3.8) is 0 Å². The largest absolute Gasteiger partial charge is 0.377 e. The first kappa shape index (κ1) is 15.1. The molecule has 2 heterocycles. The lowest BCUT2D eigenvalue weighted by atomic mass is 10.1. The van der Waals surface area contributed by atoms with Gasteiger partial charge in [-0.1, -0.05) is 6.07 Å². The quantitative estimate of drug-likeness (QED) is 0.940. The van der Waals surface area contributed by atoms with Gasteiger partial charge in [0.05, 0.1) is 18.1 Å². The number of morpholine rings is 1. The molecule has 5 heteroatoms. The van der Waals surface area contributed by atoms with Crippen LogP contribution in [-0.2, 0) is 4.74 Å². The van der Waals surface area contributed by atoms with Gasteiger partial charge in [-0.25, -0.2) is 0 Å². The normalized spacial score (nSPS) is 21.6. The molecule has 3 rings (SSSR count). The first-order valence-corrected chi connectivity index (χ1v) is 8.34. The van der Waals surface area contributed by atoms with Crippen molar-refractivity contribution in [3.05, 3.63) is 46.7 Å². The van der Waals surface area contributed by atoms with E-state index in [-0.39, 0.29) is 5.91 Å². The number of anilines is 2. The third-order valence-electron chi connectivity index (χ3n) is 3.84. The minimum Gasteiger partial charge on any atom is -0.377 e. The molecular weight excluding hydrogens is 296 g/mol. The van der Waals surface area contributed by atoms with Gasteiger partial charge in [-0.15, -0.1) is 11.3 Å². The van der Waals surface area contributed by atoms with Gasteiger partial charge in [0.1, 0.15) is 0 Å². The third kappa shape index (κ3) is 3.15. The molecule has 2 aromatic rings. The third-order valence-corrected chi connectivity index (χ3v) is 4.70. The summed E-state index contributed by atoms with van der Waals surface area (Å²) < 4.78 is 5.57. The molecule has 22 heavy (non-hydrogen) atoms. The Morgan fingerprint density at radius 1 is 1.18 bits per heavy atom. The van der Waals surface area contributed by atoms with Crippen LogP contribution in [0.15, 0.2) is 41.8 Å². The molecule has 0 aliphatic carbocycles. The maximum atomic E-state index is 12.0. The van der Waals surface area contributed by atoms with Crippen LogP contribution in [0.4, 0.5) is 11.4 Å². The maximum Gasteiger partial charge on any atom is 0.265 e. The number of nitrogens with one attached hydrogen (secondary N) is 1. The second-order valence-electron chi connectivity index (χ2n) is 5.62. The second-order valence-corrected chi connectivity index (χ2v) is 6.57. The molecule has 2 atom stereocenters. The van der Waals surface area contributed by atoms with Crippen molar-refractivity contribution in [1.29, 1.82) is 0 Å². The molecule has 116 valence electrons. The van der Waals surface area contributed by atoms with Gasteiger partial charge in [-0.3, -0.25) is 4.79 Å². The average Bonchev–Trinajstić information content (AvgIpc) is 3.03. The van der Waals surface area contributed by atoms with Crippen LogP contribution in [0.1, 0.15) is 23.5 Å². The fraction of sp³-hybridized carbons (Fsp3) is 0.353. The molecule has 1 saturated heterocycles. The van der Waals surface area contributed by atoms with Crippen molar-refractivity contribution in [3.8, 4) is 0 Å². The molecule has 0 bridgehead atoms. The van der Waals surface area contributed by atoms with Gasteiger partial charge in [-0.2, -0.15) is 0 Å². The van der Waals surface area contributed by atoms with Gasteiger partial charge in [0.25, 0.3) is 5.91 Å². The fourth-order valence-electron chi connectivity index (χ4n) is 2.83. The van der Waals surface area contributed by atoms with Crippen molar-refractivity contribution in [1.82, 2.24) is 0 Å². The highest BCUT2D eigenvalue weighted by Gasteiger charge is 2.25. The zero-order chi connectivity index (χ0) is 15.5. The zero-order valence-corrected chi connectivity index (χ0v) is 13.6. The predicted molar refractivity (Wildman–Crippen MR) is 90.9 cm³/mol. The highest BCUT2D eigenvalue weighted by Crippen LogP contribution is 2.25. The minimum absolute atomic E-state index is 0.0594. The van der Waals surface area contributed by atoms with Crippen LogP contribution in [0.3, 0.4) is 0 Å². The minimum atomic E-state index is -0.0594. The summed E-state index contributed by atoms with van der Waals surface area (Å²) in [7, 11) is 0. The number of hydrogen-bond donors (Lipinski definition) is 1. The zero-order valence-electron chi connectivity index (χ0n) is 12.8. The molecule has 1 aliphatic heterocycles. The van der Waals surface area contributed by atoms with Gasteiger partial charge >= 0.3 is 0 Å². The topological polar surface area (TPSA) is 41.6 Å². The molecule has 1 aliphatic rings. The van der Waals surface area contributed by atoms with E-state index in [0.29, 0.717) is 12.1 Å². The first-order chi connectivity index (χ1) is 10.6. The van der Waals surface area contributed by atoms with E-state index in [9.17, 15) is 4.79 Å². The van der Waals surface area contributed by atoms with Crippen molar-refractivity contribution >= 4 is 28.6 Å². The molecule has 0 spiro atoms. The monoisotopic (exact) mass is 316 g/mol. The lowest BCUT2D eigenvalue weighted by molar-refractivity contribution is 0.0757. The molecule has 1 aromatic carbocycles. The molecule has 1 aromatic heterocycles. The van der Waals surface area contributed by atoms with Gasteiger partial charge in [0, 0.05) is 23.5 Å². The molecule has 0 saturated carbocycles. The molecular formula is C17H20N2O2S. The van der Waals surface area contributed by atoms with Gasteiger partial charge in [0.15, 0.2) is 0 Å². The summed E-state index contributed by atoms with van der Waals surface area (Å²) in [4.78, 5) is 15.1. The molecule has 1 N–H and O–H groups in total. The predicted octanol–water partition coefficient (Wildman–Crippen LogP) is 3.61. The van der Waals surface area contributed by atoms with E-state index in [2.05, 4.69) is 36.2 Å². The second kappa shape index (κ2) is 6.50. The number of hydrogen-bond acceptors (Lipinski definition) is 4. The first-order valence-electron chi connectivity index (χ1n) is 7.46. The Morgan fingerprint density at radius 2 is 1.86 bits per heavy atom. The summed E-state index contributed by atoms with van der Waals surface area (Å²) in [5.74, 6) is -0.0594. The van der Waals surface area contributed by atoms with E-state index in [4.69, 9.17) is 4.74 Å². The Balaban J connectivity index is 1.71. The summed E-state index contributed by atoms with van der Waals surface area (Å²) in [6.07, 6.45) is 0. The number of thiophene rings is 1. The van der Waals surface area contributed by atoms with E-state index in [0.717, 1.165) is 29.5 Å². The Morgan fingerprint density at radius 3 is 2.45 bits per heavy atom. The number of ether oxygens (including phenoxy) is 1. The molecule has 1 amide bonds. The fourth-order valence-corrected chi connectivity index (χ4v) is 3.45.